The Kier molecular flexibility index (Phi) is 4.39. The van der Waals surface area contributed by atoms with Gasteiger partial charge in [-0.05, 0) is 35.2 Å². The van der Waals surface area contributed by atoms with E-state index in [4.69, 9.17) is 5.73 Å². The molecule has 2 heterocycles. The summed E-state index contributed by atoms with van der Waals surface area (Å²) in [4.78, 5) is 38.0. The molecule has 0 bridgehead atoms. The van der Waals surface area contributed by atoms with Crippen molar-refractivity contribution in [2.75, 3.05) is 17.2 Å². The van der Waals surface area contributed by atoms with Crippen molar-refractivity contribution in [1.29, 1.82) is 0 Å². The predicted octanol–water partition coefficient (Wildman–Crippen LogP) is 1.85. The number of benzene rings is 2. The summed E-state index contributed by atoms with van der Waals surface area (Å²) >= 11 is 0. The summed E-state index contributed by atoms with van der Waals surface area (Å²) in [6.07, 6.45) is 0.774. The first-order valence-electron chi connectivity index (χ1n) is 10.2. The minimum absolute atomic E-state index is 0.0619. The van der Waals surface area contributed by atoms with Crippen LogP contribution in [0.1, 0.15) is 27.2 Å². The lowest BCUT2D eigenvalue weighted by molar-refractivity contribution is 0.0943. The third-order valence-corrected chi connectivity index (χ3v) is 6.16. The summed E-state index contributed by atoms with van der Waals surface area (Å²) in [5.74, 6) is -0.130. The predicted molar refractivity (Wildman–Crippen MR) is 121 cm³/mol. The van der Waals surface area contributed by atoms with Crippen LogP contribution >= 0.6 is 0 Å². The molecule has 3 aromatic carbocycles. The van der Waals surface area contributed by atoms with E-state index in [2.05, 4.69) is 11.4 Å². The molecule has 0 saturated carbocycles. The Morgan fingerprint density at radius 1 is 1.06 bits per heavy atom. The standard InChI is InChI=1S/C24H22N4O3/c1-27-18-5-3-2-4-16(18)11-19(27)24(31)26-12-14-6-7-15-8-9-28(13-17(15)10-14)21-20(25)22(29)23(21)30/h2-7,10-11H,8-9,12-13,25H2,1H3,(H,26,31). The number of aromatic nitrogens is 1. The number of anilines is 2. The van der Waals surface area contributed by atoms with E-state index in [0.717, 1.165) is 28.5 Å². The van der Waals surface area contributed by atoms with Gasteiger partial charge in [-0.1, -0.05) is 36.4 Å². The van der Waals surface area contributed by atoms with Gasteiger partial charge in [0.15, 0.2) is 0 Å². The van der Waals surface area contributed by atoms with Crippen molar-refractivity contribution in [3.8, 4) is 0 Å². The van der Waals surface area contributed by atoms with Crippen molar-refractivity contribution in [3.05, 3.63) is 91.4 Å². The van der Waals surface area contributed by atoms with Gasteiger partial charge in [0.25, 0.3) is 16.8 Å². The highest BCUT2D eigenvalue weighted by molar-refractivity contribution is 5.98. The molecule has 0 unspecified atom stereocenters. The molecule has 1 aliphatic heterocycles. The number of nitrogen functional groups attached to an aromatic ring is 1. The zero-order valence-electron chi connectivity index (χ0n) is 17.1. The number of hydrogen-bond donors (Lipinski definition) is 2. The van der Waals surface area contributed by atoms with E-state index in [0.29, 0.717) is 31.0 Å². The van der Waals surface area contributed by atoms with E-state index >= 15 is 0 Å². The number of nitrogens with one attached hydrogen (secondary N) is 1. The van der Waals surface area contributed by atoms with Crippen LogP contribution in [0.5, 0.6) is 0 Å². The fraction of sp³-hybridized carbons (Fsp3) is 0.208. The number of rotatable bonds is 4. The van der Waals surface area contributed by atoms with Gasteiger partial charge in [-0.25, -0.2) is 0 Å². The average Bonchev–Trinajstić information content (AvgIpc) is 3.13. The van der Waals surface area contributed by atoms with Crippen LogP contribution in [0.2, 0.25) is 0 Å². The van der Waals surface area contributed by atoms with E-state index in [1.165, 1.54) is 5.56 Å². The topological polar surface area (TPSA) is 97.4 Å². The van der Waals surface area contributed by atoms with Crippen molar-refractivity contribution in [2.24, 2.45) is 7.05 Å². The summed E-state index contributed by atoms with van der Waals surface area (Å²) < 4.78 is 1.89. The molecule has 31 heavy (non-hydrogen) atoms. The molecule has 0 atom stereocenters. The second kappa shape index (κ2) is 7.12. The SMILES string of the molecule is Cn1c(C(=O)NCc2ccc3c(c2)CN(c2c(N)c(=O)c2=O)CC3)cc2ccccc21. The highest BCUT2D eigenvalue weighted by Crippen LogP contribution is 2.26. The van der Waals surface area contributed by atoms with Crippen LogP contribution in [0, 0.1) is 0 Å². The molecule has 1 aromatic heterocycles. The molecule has 5 rings (SSSR count). The monoisotopic (exact) mass is 414 g/mol. The highest BCUT2D eigenvalue weighted by Gasteiger charge is 2.26. The second-order valence-corrected chi connectivity index (χ2v) is 8.03. The van der Waals surface area contributed by atoms with Gasteiger partial charge in [0.05, 0.1) is 0 Å². The van der Waals surface area contributed by atoms with Gasteiger partial charge in [-0.2, -0.15) is 0 Å². The summed E-state index contributed by atoms with van der Waals surface area (Å²) in [6.45, 7) is 1.57. The van der Waals surface area contributed by atoms with E-state index in [9.17, 15) is 14.4 Å². The van der Waals surface area contributed by atoms with Crippen molar-refractivity contribution < 1.29 is 4.79 Å². The minimum Gasteiger partial charge on any atom is -0.394 e. The first kappa shape index (κ1) is 19.1. The largest absolute Gasteiger partial charge is 0.394 e. The number of carbonyl (C=O) groups is 1. The van der Waals surface area contributed by atoms with Crippen molar-refractivity contribution in [2.45, 2.75) is 19.5 Å². The quantitative estimate of drug-likeness (QED) is 0.497. The molecule has 3 N–H and O–H groups in total. The molecule has 0 fully saturated rings. The maximum Gasteiger partial charge on any atom is 0.268 e. The first-order chi connectivity index (χ1) is 14.9. The van der Waals surface area contributed by atoms with Crippen LogP contribution < -0.4 is 26.8 Å². The molecule has 0 aliphatic carbocycles. The van der Waals surface area contributed by atoms with E-state index < -0.39 is 10.9 Å². The van der Waals surface area contributed by atoms with Gasteiger partial charge < -0.3 is 20.5 Å². The number of carbonyl (C=O) groups excluding carboxylic acids is 1. The number of hydrogen-bond acceptors (Lipinski definition) is 5. The summed E-state index contributed by atoms with van der Waals surface area (Å²) in [6, 6.07) is 15.9. The van der Waals surface area contributed by atoms with E-state index in [1.54, 1.807) is 0 Å². The molecule has 7 nitrogen and oxygen atoms in total. The molecule has 0 spiro atoms. The number of para-hydroxylation sites is 1. The van der Waals surface area contributed by atoms with Gasteiger partial charge in [0.2, 0.25) is 0 Å². The molecule has 4 aromatic rings. The normalized spacial score (nSPS) is 13.5. The Hall–Kier alpha value is -3.87. The molecule has 1 aliphatic rings. The Morgan fingerprint density at radius 2 is 1.87 bits per heavy atom. The second-order valence-electron chi connectivity index (χ2n) is 8.03. The third kappa shape index (κ3) is 3.09. The van der Waals surface area contributed by atoms with Gasteiger partial charge >= 0.3 is 0 Å². The first-order valence-corrected chi connectivity index (χ1v) is 10.2. The lowest BCUT2D eigenvalue weighted by atomic mass is 9.96. The van der Waals surface area contributed by atoms with Gasteiger partial charge in [0, 0.05) is 37.6 Å². The van der Waals surface area contributed by atoms with Crippen molar-refractivity contribution in [3.63, 3.8) is 0 Å². The molecular formula is C24H22N4O3. The molecular weight excluding hydrogens is 392 g/mol. The van der Waals surface area contributed by atoms with Crippen LogP contribution in [0.3, 0.4) is 0 Å². The van der Waals surface area contributed by atoms with Crippen LogP contribution in [0.15, 0.2) is 58.1 Å². The van der Waals surface area contributed by atoms with Crippen LogP contribution in [0.25, 0.3) is 10.9 Å². The Bertz CT molecular complexity index is 1410. The summed E-state index contributed by atoms with van der Waals surface area (Å²) in [7, 11) is 1.89. The fourth-order valence-corrected chi connectivity index (χ4v) is 4.40. The van der Waals surface area contributed by atoms with Gasteiger partial charge in [0.1, 0.15) is 17.1 Å². The lowest BCUT2D eigenvalue weighted by Crippen LogP contribution is -2.44. The number of nitrogens with two attached hydrogens (primary N) is 1. The third-order valence-electron chi connectivity index (χ3n) is 6.16. The minimum atomic E-state index is -0.592. The summed E-state index contributed by atoms with van der Waals surface area (Å²) in [5, 5.41) is 4.03. The van der Waals surface area contributed by atoms with E-state index in [-0.39, 0.29) is 11.6 Å². The highest BCUT2D eigenvalue weighted by atomic mass is 16.2. The maximum atomic E-state index is 12.8. The van der Waals surface area contributed by atoms with Gasteiger partial charge in [-0.3, -0.25) is 14.4 Å². The van der Waals surface area contributed by atoms with Crippen LogP contribution in [-0.4, -0.2) is 17.0 Å². The molecule has 1 amide bonds. The Labute approximate surface area is 178 Å². The molecule has 0 radical (unpaired) electrons. The zero-order valence-corrected chi connectivity index (χ0v) is 17.1. The van der Waals surface area contributed by atoms with Crippen molar-refractivity contribution >= 4 is 28.2 Å². The number of nitrogens with zero attached hydrogens (tertiary/aromatic N) is 2. The number of aryl methyl sites for hydroxylation is 1. The molecule has 0 saturated heterocycles. The maximum absolute atomic E-state index is 12.8. The Morgan fingerprint density at radius 3 is 2.65 bits per heavy atom. The fourth-order valence-electron chi connectivity index (χ4n) is 4.40. The van der Waals surface area contributed by atoms with E-state index in [1.807, 2.05) is 59.0 Å². The van der Waals surface area contributed by atoms with Crippen LogP contribution in [0.4, 0.5) is 11.4 Å². The average molecular weight is 414 g/mol. The zero-order chi connectivity index (χ0) is 21.7. The number of amides is 1. The molecule has 156 valence electrons. The Balaban J connectivity index is 1.32. The number of fused-ring (bicyclic) bond motifs is 2. The van der Waals surface area contributed by atoms with Crippen molar-refractivity contribution in [1.82, 2.24) is 9.88 Å². The van der Waals surface area contributed by atoms with Crippen LogP contribution in [-0.2, 0) is 26.6 Å². The molecule has 7 heteroatoms. The summed E-state index contributed by atoms with van der Waals surface area (Å²) in [5.41, 5.74) is 9.93. The van der Waals surface area contributed by atoms with Gasteiger partial charge in [-0.15, -0.1) is 0 Å². The smallest absolute Gasteiger partial charge is 0.268 e. The lowest BCUT2D eigenvalue weighted by Gasteiger charge is -2.32.